The number of rotatable bonds is 16. The molecule has 9 nitrogen and oxygen atoms in total. The van der Waals surface area contributed by atoms with Crippen LogP contribution in [0.25, 0.3) is 0 Å². The summed E-state index contributed by atoms with van der Waals surface area (Å²) in [6, 6.07) is 0. The molecule has 0 saturated heterocycles. The monoisotopic (exact) mass is 322 g/mol. The number of hydrogen-bond donors (Lipinski definition) is 5. The standard InChI is InChI=1S/C13H31N5O4/c14-1-5-19-9-11-21-7-3-17-13(16)18-4-8-22-12-10-20-6-2-15/h1-12,14-15H2,(H3,16,17,18)/p+1. The summed E-state index contributed by atoms with van der Waals surface area (Å²) in [5.41, 5.74) is 16.3. The Labute approximate surface area is 132 Å². The van der Waals surface area contributed by atoms with Crippen LogP contribution in [0.2, 0.25) is 0 Å². The van der Waals surface area contributed by atoms with Crippen LogP contribution in [0.15, 0.2) is 0 Å². The van der Waals surface area contributed by atoms with E-state index < -0.39 is 0 Å². The molecule has 0 heterocycles. The van der Waals surface area contributed by atoms with Gasteiger partial charge in [-0.3, -0.25) is 16.0 Å². The van der Waals surface area contributed by atoms with Gasteiger partial charge in [-0.15, -0.1) is 0 Å². The van der Waals surface area contributed by atoms with Gasteiger partial charge in [0.2, 0.25) is 0 Å². The average molecular weight is 322 g/mol. The molecule has 0 atom stereocenters. The van der Waals surface area contributed by atoms with Crippen molar-refractivity contribution < 1.29 is 23.9 Å². The van der Waals surface area contributed by atoms with Crippen LogP contribution in [-0.2, 0) is 18.9 Å². The number of nitrogens with one attached hydrogen (secondary N) is 2. The first-order valence-corrected chi connectivity index (χ1v) is 7.62. The second-order valence-electron chi connectivity index (χ2n) is 4.29. The van der Waals surface area contributed by atoms with Gasteiger partial charge in [-0.05, 0) is 0 Å². The third-order valence-corrected chi connectivity index (χ3v) is 2.39. The zero-order valence-corrected chi connectivity index (χ0v) is 13.4. The van der Waals surface area contributed by atoms with Crippen LogP contribution >= 0.6 is 0 Å². The third kappa shape index (κ3) is 17.1. The Balaban J connectivity index is 3.24. The van der Waals surface area contributed by atoms with Crippen molar-refractivity contribution in [3.05, 3.63) is 0 Å². The van der Waals surface area contributed by atoms with Crippen LogP contribution < -0.4 is 27.5 Å². The van der Waals surface area contributed by atoms with Gasteiger partial charge in [0.15, 0.2) is 0 Å². The molecule has 0 aromatic rings. The Morgan fingerprint density at radius 1 is 0.727 bits per heavy atom. The van der Waals surface area contributed by atoms with Crippen molar-refractivity contribution in [3.63, 3.8) is 0 Å². The molecule has 9 heteroatoms. The third-order valence-electron chi connectivity index (χ3n) is 2.39. The fourth-order valence-electron chi connectivity index (χ4n) is 1.39. The number of ether oxygens (including phenoxy) is 4. The Hall–Kier alpha value is -0.970. The summed E-state index contributed by atoms with van der Waals surface area (Å²) < 4.78 is 21.0. The highest BCUT2D eigenvalue weighted by molar-refractivity contribution is 5.71. The van der Waals surface area contributed by atoms with Gasteiger partial charge >= 0.3 is 5.96 Å². The topological polar surface area (TPSA) is 141 Å². The van der Waals surface area contributed by atoms with E-state index in [9.17, 15) is 0 Å². The lowest BCUT2D eigenvalue weighted by molar-refractivity contribution is -0.464. The van der Waals surface area contributed by atoms with Crippen molar-refractivity contribution in [1.29, 1.82) is 0 Å². The van der Waals surface area contributed by atoms with Crippen molar-refractivity contribution in [2.24, 2.45) is 17.2 Å². The SMILES string of the molecule is NCCOCCOCCNC(N)=[NH+]CCOCCOCCN. The Bertz CT molecular complexity index is 257. The van der Waals surface area contributed by atoms with Crippen LogP contribution in [0.1, 0.15) is 0 Å². The van der Waals surface area contributed by atoms with Gasteiger partial charge in [-0.2, -0.15) is 0 Å². The van der Waals surface area contributed by atoms with Gasteiger partial charge in [0.05, 0.1) is 65.9 Å². The molecule has 0 spiro atoms. The first-order valence-electron chi connectivity index (χ1n) is 7.62. The van der Waals surface area contributed by atoms with Crippen LogP contribution in [0.5, 0.6) is 0 Å². The number of nitrogens with two attached hydrogens (primary N) is 3. The highest BCUT2D eigenvalue weighted by atomic mass is 16.5. The van der Waals surface area contributed by atoms with E-state index in [0.29, 0.717) is 85.0 Å². The van der Waals surface area contributed by atoms with E-state index in [1.165, 1.54) is 0 Å². The molecule has 0 saturated carbocycles. The Kier molecular flexibility index (Phi) is 17.3. The minimum Gasteiger partial charge on any atom is -0.378 e. The molecule has 0 aromatic heterocycles. The molecule has 0 aromatic carbocycles. The molecule has 0 radical (unpaired) electrons. The minimum absolute atomic E-state index is 0.506. The zero-order valence-electron chi connectivity index (χ0n) is 13.4. The van der Waals surface area contributed by atoms with Gasteiger partial charge in [0.25, 0.3) is 0 Å². The summed E-state index contributed by atoms with van der Waals surface area (Å²) in [5, 5.41) is 3.01. The number of hydrogen-bond acceptors (Lipinski definition) is 6. The summed E-state index contributed by atoms with van der Waals surface area (Å²) in [7, 11) is 0. The summed E-state index contributed by atoms with van der Waals surface area (Å²) in [4.78, 5) is 3.01. The molecular formula is C13H32N5O4+. The average Bonchev–Trinajstić information content (AvgIpc) is 2.52. The lowest BCUT2D eigenvalue weighted by Crippen LogP contribution is -2.79. The van der Waals surface area contributed by atoms with Crippen LogP contribution in [0.4, 0.5) is 0 Å². The van der Waals surface area contributed by atoms with Gasteiger partial charge in [0.1, 0.15) is 0 Å². The lowest BCUT2D eigenvalue weighted by atomic mass is 10.6. The second kappa shape index (κ2) is 18.1. The highest BCUT2D eigenvalue weighted by Crippen LogP contribution is 1.77. The second-order valence-corrected chi connectivity index (χ2v) is 4.29. The lowest BCUT2D eigenvalue weighted by Gasteiger charge is -2.05. The van der Waals surface area contributed by atoms with Gasteiger partial charge in [-0.1, -0.05) is 0 Å². The van der Waals surface area contributed by atoms with Crippen molar-refractivity contribution in [3.8, 4) is 0 Å². The zero-order chi connectivity index (χ0) is 16.3. The predicted molar refractivity (Wildman–Crippen MR) is 84.4 cm³/mol. The van der Waals surface area contributed by atoms with Crippen LogP contribution in [0, 0.1) is 0 Å². The van der Waals surface area contributed by atoms with Gasteiger partial charge in [0, 0.05) is 13.1 Å². The summed E-state index contributed by atoms with van der Waals surface area (Å²) in [6.07, 6.45) is 0. The van der Waals surface area contributed by atoms with Gasteiger partial charge < -0.3 is 30.4 Å². The molecule has 8 N–H and O–H groups in total. The number of guanidine groups is 1. The van der Waals surface area contributed by atoms with Crippen LogP contribution in [-0.4, -0.2) is 85.0 Å². The molecule has 0 aliphatic heterocycles. The molecule has 0 rings (SSSR count). The summed E-state index contributed by atoms with van der Waals surface area (Å²) in [5.74, 6) is 0.506. The van der Waals surface area contributed by atoms with E-state index in [1.54, 1.807) is 0 Å². The first-order chi connectivity index (χ1) is 10.8. The van der Waals surface area contributed by atoms with Crippen molar-refractivity contribution >= 4 is 5.96 Å². The molecule has 0 amide bonds. The van der Waals surface area contributed by atoms with E-state index in [2.05, 4.69) is 10.3 Å². The predicted octanol–water partition coefficient (Wildman–Crippen LogP) is -4.04. The normalized spacial score (nSPS) is 11.8. The quantitative estimate of drug-likeness (QED) is 0.110. The molecule has 22 heavy (non-hydrogen) atoms. The van der Waals surface area contributed by atoms with Crippen molar-refractivity contribution in [1.82, 2.24) is 5.32 Å². The molecule has 132 valence electrons. The van der Waals surface area contributed by atoms with Crippen molar-refractivity contribution in [2.45, 2.75) is 0 Å². The van der Waals surface area contributed by atoms with E-state index in [0.717, 1.165) is 0 Å². The largest absolute Gasteiger partial charge is 0.378 e. The van der Waals surface area contributed by atoms with Crippen LogP contribution in [0.3, 0.4) is 0 Å². The summed E-state index contributed by atoms with van der Waals surface area (Å²) >= 11 is 0. The first kappa shape index (κ1) is 21.0. The van der Waals surface area contributed by atoms with E-state index in [1.807, 2.05) is 0 Å². The molecule has 0 bridgehead atoms. The fourth-order valence-corrected chi connectivity index (χ4v) is 1.39. The molecule has 0 unspecified atom stereocenters. The van der Waals surface area contributed by atoms with Gasteiger partial charge in [-0.25, -0.2) is 0 Å². The smallest absolute Gasteiger partial charge is 0.341 e. The molecule has 0 aliphatic carbocycles. The molecule has 0 fully saturated rings. The Morgan fingerprint density at radius 3 is 1.77 bits per heavy atom. The maximum Gasteiger partial charge on any atom is 0.341 e. The maximum atomic E-state index is 5.74. The summed E-state index contributed by atoms with van der Waals surface area (Å²) in [6.45, 7) is 6.78. The fraction of sp³-hybridized carbons (Fsp3) is 0.923. The molecular weight excluding hydrogens is 290 g/mol. The van der Waals surface area contributed by atoms with E-state index in [-0.39, 0.29) is 0 Å². The van der Waals surface area contributed by atoms with E-state index in [4.69, 9.17) is 36.1 Å². The maximum absolute atomic E-state index is 5.74. The van der Waals surface area contributed by atoms with Crippen molar-refractivity contribution in [2.75, 3.05) is 79.0 Å². The Morgan fingerprint density at radius 2 is 1.23 bits per heavy atom. The van der Waals surface area contributed by atoms with E-state index >= 15 is 0 Å². The molecule has 0 aliphatic rings. The highest BCUT2D eigenvalue weighted by Gasteiger charge is 1.98. The minimum atomic E-state index is 0.506.